The van der Waals surface area contributed by atoms with Crippen LogP contribution in [0.25, 0.3) is 10.8 Å². The van der Waals surface area contributed by atoms with Gasteiger partial charge in [-0.05, 0) is 47.2 Å². The number of carboxylic acid groups (broad SMARTS) is 1. The third-order valence-electron chi connectivity index (χ3n) is 3.69. The lowest BCUT2D eigenvalue weighted by Gasteiger charge is -2.14. The summed E-state index contributed by atoms with van der Waals surface area (Å²) in [5.74, 6) is -0.582. The van der Waals surface area contributed by atoms with Crippen LogP contribution in [-0.2, 0) is 11.0 Å². The van der Waals surface area contributed by atoms with Crippen LogP contribution in [0.2, 0.25) is 10.0 Å². The quantitative estimate of drug-likeness (QED) is 0.507. The summed E-state index contributed by atoms with van der Waals surface area (Å²) in [4.78, 5) is 10.6. The Morgan fingerprint density at radius 2 is 1.50 bits per heavy atom. The number of benzene rings is 3. The molecule has 0 saturated carbocycles. The number of hydrogen-bond donors (Lipinski definition) is 1. The Kier molecular flexibility index (Phi) is 5.58. The molecule has 146 valence electrons. The predicted octanol–water partition coefficient (Wildman–Crippen LogP) is 6.42. The third kappa shape index (κ3) is 4.61. The minimum absolute atomic E-state index is 0.103. The van der Waals surface area contributed by atoms with Crippen molar-refractivity contribution >= 4 is 39.9 Å². The van der Waals surface area contributed by atoms with Gasteiger partial charge in [-0.3, -0.25) is 0 Å². The van der Waals surface area contributed by atoms with E-state index in [2.05, 4.69) is 0 Å². The summed E-state index contributed by atoms with van der Waals surface area (Å²) >= 11 is 11.8. The summed E-state index contributed by atoms with van der Waals surface area (Å²) in [6.07, 6.45) is -4.58. The lowest BCUT2D eigenvalue weighted by atomic mass is 10.1. The van der Waals surface area contributed by atoms with Crippen LogP contribution in [0.15, 0.2) is 48.5 Å². The lowest BCUT2D eigenvalue weighted by molar-refractivity contribution is -0.139. The van der Waals surface area contributed by atoms with Gasteiger partial charge in [0.25, 0.3) is 0 Å². The average Bonchev–Trinajstić information content (AvgIpc) is 2.61. The Labute approximate surface area is 167 Å². The van der Waals surface area contributed by atoms with Gasteiger partial charge in [-0.2, -0.15) is 13.2 Å². The van der Waals surface area contributed by atoms with E-state index in [9.17, 15) is 18.0 Å². The summed E-state index contributed by atoms with van der Waals surface area (Å²) in [5.41, 5.74) is -0.978. The highest BCUT2D eigenvalue weighted by molar-refractivity contribution is 6.37. The van der Waals surface area contributed by atoms with Gasteiger partial charge in [0, 0.05) is 0 Å². The van der Waals surface area contributed by atoms with Crippen LogP contribution in [0.5, 0.6) is 17.2 Å². The molecule has 3 aromatic rings. The zero-order valence-corrected chi connectivity index (χ0v) is 15.4. The van der Waals surface area contributed by atoms with Gasteiger partial charge in [0.1, 0.15) is 11.5 Å². The second-order valence-corrected chi connectivity index (χ2v) is 6.54. The van der Waals surface area contributed by atoms with Crippen LogP contribution in [0.3, 0.4) is 0 Å². The molecule has 0 amide bonds. The minimum Gasteiger partial charge on any atom is -0.482 e. The number of carbonyl (C=O) groups is 1. The van der Waals surface area contributed by atoms with Crippen molar-refractivity contribution in [3.8, 4) is 17.2 Å². The van der Waals surface area contributed by atoms with Crippen LogP contribution in [0.4, 0.5) is 13.2 Å². The molecule has 0 aromatic heterocycles. The van der Waals surface area contributed by atoms with Gasteiger partial charge in [-0.1, -0.05) is 35.3 Å². The number of ether oxygens (including phenoxy) is 2. The van der Waals surface area contributed by atoms with Crippen molar-refractivity contribution in [2.45, 2.75) is 6.18 Å². The van der Waals surface area contributed by atoms with Crippen molar-refractivity contribution in [3.63, 3.8) is 0 Å². The van der Waals surface area contributed by atoms with Gasteiger partial charge in [0.2, 0.25) is 0 Å². The molecule has 0 heterocycles. The van der Waals surface area contributed by atoms with Crippen molar-refractivity contribution in [3.05, 3.63) is 64.1 Å². The topological polar surface area (TPSA) is 55.8 Å². The number of fused-ring (bicyclic) bond motifs is 1. The Morgan fingerprint density at radius 1 is 0.929 bits per heavy atom. The minimum atomic E-state index is -4.58. The molecule has 0 aliphatic carbocycles. The monoisotopic (exact) mass is 430 g/mol. The first kappa shape index (κ1) is 20.1. The first-order chi connectivity index (χ1) is 13.1. The Balaban J connectivity index is 1.91. The molecule has 0 bridgehead atoms. The maximum Gasteiger partial charge on any atom is 0.416 e. The summed E-state index contributed by atoms with van der Waals surface area (Å²) in [7, 11) is 0. The molecule has 0 saturated heterocycles. The molecule has 0 unspecified atom stereocenters. The number of hydrogen-bond acceptors (Lipinski definition) is 3. The molecule has 28 heavy (non-hydrogen) atoms. The van der Waals surface area contributed by atoms with Crippen LogP contribution in [0.1, 0.15) is 5.56 Å². The van der Waals surface area contributed by atoms with Crippen molar-refractivity contribution in [2.24, 2.45) is 0 Å². The summed E-state index contributed by atoms with van der Waals surface area (Å²) < 4.78 is 49.2. The highest BCUT2D eigenvalue weighted by Crippen LogP contribution is 2.42. The first-order valence-electron chi connectivity index (χ1n) is 7.76. The number of alkyl halides is 3. The van der Waals surface area contributed by atoms with Crippen LogP contribution < -0.4 is 9.47 Å². The van der Waals surface area contributed by atoms with Gasteiger partial charge in [0.15, 0.2) is 12.4 Å². The lowest BCUT2D eigenvalue weighted by Crippen LogP contribution is -2.09. The Hall–Kier alpha value is -2.64. The first-order valence-corrected chi connectivity index (χ1v) is 8.51. The van der Waals surface area contributed by atoms with E-state index in [0.29, 0.717) is 11.1 Å². The number of aliphatic carboxylic acids is 1. The summed E-state index contributed by atoms with van der Waals surface area (Å²) in [5, 5.41) is 9.60. The molecule has 0 radical (unpaired) electrons. The van der Waals surface area contributed by atoms with Gasteiger partial charge in [0.05, 0.1) is 15.6 Å². The summed E-state index contributed by atoms with van der Waals surface area (Å²) in [6.45, 7) is -0.488. The SMILES string of the molecule is O=C(O)COc1ccc2ccc(Oc3c(Cl)cc(C(F)(F)F)cc3Cl)cc2c1. The van der Waals surface area contributed by atoms with Crippen LogP contribution in [-0.4, -0.2) is 17.7 Å². The largest absolute Gasteiger partial charge is 0.482 e. The van der Waals surface area contributed by atoms with Gasteiger partial charge < -0.3 is 14.6 Å². The highest BCUT2D eigenvalue weighted by Gasteiger charge is 2.32. The number of carboxylic acids is 1. The zero-order valence-electron chi connectivity index (χ0n) is 13.9. The normalized spacial score (nSPS) is 11.5. The molecular weight excluding hydrogens is 420 g/mol. The zero-order chi connectivity index (χ0) is 20.5. The molecule has 3 aromatic carbocycles. The van der Waals surface area contributed by atoms with E-state index in [-0.39, 0.29) is 21.5 Å². The fourth-order valence-corrected chi connectivity index (χ4v) is 3.00. The molecule has 3 rings (SSSR count). The van der Waals surface area contributed by atoms with Crippen molar-refractivity contribution in [2.75, 3.05) is 6.61 Å². The molecular formula is C19H11Cl2F3O4. The second-order valence-electron chi connectivity index (χ2n) is 5.72. The van der Waals surface area contributed by atoms with Crippen LogP contribution in [0, 0.1) is 0 Å². The maximum atomic E-state index is 12.8. The van der Waals surface area contributed by atoms with E-state index < -0.39 is 24.3 Å². The molecule has 4 nitrogen and oxygen atoms in total. The third-order valence-corrected chi connectivity index (χ3v) is 4.25. The molecule has 0 aliphatic heterocycles. The Bertz CT molecular complexity index is 1030. The standard InChI is InChI=1S/C19H11Cl2F3O4/c20-15-7-12(19(22,23)24)8-16(21)18(15)28-14-4-2-10-1-3-13(5-11(10)6-14)27-9-17(25)26/h1-8H,9H2,(H,25,26). The highest BCUT2D eigenvalue weighted by atomic mass is 35.5. The van der Waals surface area contributed by atoms with E-state index >= 15 is 0 Å². The van der Waals surface area contributed by atoms with E-state index in [1.807, 2.05) is 0 Å². The predicted molar refractivity (Wildman–Crippen MR) is 98.6 cm³/mol. The van der Waals surface area contributed by atoms with Gasteiger partial charge >= 0.3 is 12.1 Å². The van der Waals surface area contributed by atoms with Crippen molar-refractivity contribution in [1.29, 1.82) is 0 Å². The van der Waals surface area contributed by atoms with Gasteiger partial charge in [-0.15, -0.1) is 0 Å². The average molecular weight is 431 g/mol. The van der Waals surface area contributed by atoms with Crippen molar-refractivity contribution < 1.29 is 32.5 Å². The molecule has 9 heteroatoms. The maximum absolute atomic E-state index is 12.8. The Morgan fingerprint density at radius 3 is 2.07 bits per heavy atom. The summed E-state index contributed by atoms with van der Waals surface area (Å²) in [6, 6.07) is 11.4. The second kappa shape index (κ2) is 7.77. The molecule has 0 aliphatic rings. The smallest absolute Gasteiger partial charge is 0.416 e. The molecule has 0 fully saturated rings. The van der Waals surface area contributed by atoms with E-state index in [0.717, 1.165) is 17.5 Å². The van der Waals surface area contributed by atoms with Gasteiger partial charge in [-0.25, -0.2) is 4.79 Å². The van der Waals surface area contributed by atoms with Crippen molar-refractivity contribution in [1.82, 2.24) is 0 Å². The molecule has 1 N–H and O–H groups in total. The number of rotatable bonds is 5. The van der Waals surface area contributed by atoms with E-state index in [1.165, 1.54) is 0 Å². The van der Waals surface area contributed by atoms with E-state index in [1.54, 1.807) is 36.4 Å². The fourth-order valence-electron chi connectivity index (χ4n) is 2.44. The number of halogens is 5. The molecule has 0 atom stereocenters. The fraction of sp³-hybridized carbons (Fsp3) is 0.105. The molecule has 0 spiro atoms. The van der Waals surface area contributed by atoms with Crippen LogP contribution >= 0.6 is 23.2 Å². The van der Waals surface area contributed by atoms with E-state index in [4.69, 9.17) is 37.8 Å².